The summed E-state index contributed by atoms with van der Waals surface area (Å²) < 4.78 is 2.76. The van der Waals surface area contributed by atoms with E-state index in [2.05, 4.69) is 27.7 Å². The third-order valence-corrected chi connectivity index (χ3v) is 4.02. The highest BCUT2D eigenvalue weighted by atomic mass is 127. The van der Waals surface area contributed by atoms with E-state index in [1.807, 2.05) is 38.1 Å². The summed E-state index contributed by atoms with van der Waals surface area (Å²) in [4.78, 5) is 12.1. The molecule has 0 spiro atoms. The van der Waals surface area contributed by atoms with Crippen molar-refractivity contribution in [1.82, 2.24) is 9.78 Å². The minimum Gasteiger partial charge on any atom is -0.292 e. The second-order valence-corrected chi connectivity index (χ2v) is 5.70. The topological polar surface area (TPSA) is 34.9 Å². The number of hydrogen-bond donors (Lipinski definition) is 0. The molecule has 0 amide bonds. The van der Waals surface area contributed by atoms with Crippen LogP contribution in [0.2, 0.25) is 5.02 Å². The van der Waals surface area contributed by atoms with Crippen molar-refractivity contribution in [2.75, 3.05) is 0 Å². The Hall–Kier alpha value is -0.880. The lowest BCUT2D eigenvalue weighted by Crippen LogP contribution is -2.13. The third-order valence-electron chi connectivity index (χ3n) is 2.75. The lowest BCUT2D eigenvalue weighted by molar-refractivity contribution is 0.0966. The smallest absolute Gasteiger partial charge is 0.184 e. The van der Waals surface area contributed by atoms with Gasteiger partial charge < -0.3 is 0 Å². The summed E-state index contributed by atoms with van der Waals surface area (Å²) in [7, 11) is 0. The molecule has 0 atom stereocenters. The number of aryl methyl sites for hydroxylation is 1. The number of aromatic nitrogens is 2. The summed E-state index contributed by atoms with van der Waals surface area (Å²) >= 11 is 8.26. The van der Waals surface area contributed by atoms with E-state index < -0.39 is 0 Å². The van der Waals surface area contributed by atoms with Crippen LogP contribution in [-0.2, 0) is 6.54 Å². The molecule has 0 aliphatic rings. The van der Waals surface area contributed by atoms with E-state index in [4.69, 9.17) is 11.6 Å². The van der Waals surface area contributed by atoms with Crippen LogP contribution in [0.1, 0.15) is 21.7 Å². The summed E-state index contributed by atoms with van der Waals surface area (Å²) in [6.45, 7) is 3.92. The van der Waals surface area contributed by atoms with Crippen LogP contribution in [0, 0.1) is 17.4 Å². The number of hydrogen-bond acceptors (Lipinski definition) is 2. The molecular formula is C13H12ClIN2O. The van der Waals surface area contributed by atoms with Crippen molar-refractivity contribution in [3.8, 4) is 0 Å². The van der Waals surface area contributed by atoms with E-state index >= 15 is 0 Å². The molecular weight excluding hydrogens is 363 g/mol. The van der Waals surface area contributed by atoms with Gasteiger partial charge in [-0.15, -0.1) is 0 Å². The van der Waals surface area contributed by atoms with E-state index in [9.17, 15) is 4.79 Å². The number of rotatable bonds is 3. The predicted molar refractivity (Wildman–Crippen MR) is 80.2 cm³/mol. The van der Waals surface area contributed by atoms with Crippen molar-refractivity contribution in [3.05, 3.63) is 49.8 Å². The Bertz CT molecular complexity index is 590. The van der Waals surface area contributed by atoms with Crippen molar-refractivity contribution in [2.24, 2.45) is 0 Å². The normalized spacial score (nSPS) is 10.7. The fraction of sp³-hybridized carbons (Fsp3) is 0.231. The molecule has 0 bridgehead atoms. The summed E-state index contributed by atoms with van der Waals surface area (Å²) in [6.07, 6.45) is 0. The van der Waals surface area contributed by atoms with Gasteiger partial charge in [-0.2, -0.15) is 5.10 Å². The molecule has 0 fully saturated rings. The molecule has 0 saturated heterocycles. The van der Waals surface area contributed by atoms with Gasteiger partial charge in [0.2, 0.25) is 0 Å². The largest absolute Gasteiger partial charge is 0.292 e. The van der Waals surface area contributed by atoms with E-state index in [1.165, 1.54) is 0 Å². The van der Waals surface area contributed by atoms with Crippen LogP contribution >= 0.6 is 34.2 Å². The molecule has 0 N–H and O–H groups in total. The quantitative estimate of drug-likeness (QED) is 0.607. The number of ketones is 1. The molecule has 2 rings (SSSR count). The van der Waals surface area contributed by atoms with Crippen molar-refractivity contribution >= 4 is 40.0 Å². The summed E-state index contributed by atoms with van der Waals surface area (Å²) in [5.41, 5.74) is 2.27. The van der Waals surface area contributed by atoms with Gasteiger partial charge >= 0.3 is 0 Å². The summed E-state index contributed by atoms with van der Waals surface area (Å²) in [5.74, 6) is 0.0358. The number of carbonyl (C=O) groups is 1. The molecule has 0 unspecified atom stereocenters. The average Bonchev–Trinajstić information content (AvgIpc) is 2.58. The van der Waals surface area contributed by atoms with Crippen LogP contribution in [-0.4, -0.2) is 15.6 Å². The van der Waals surface area contributed by atoms with Gasteiger partial charge in [-0.3, -0.25) is 9.48 Å². The van der Waals surface area contributed by atoms with E-state index in [0.717, 1.165) is 15.0 Å². The van der Waals surface area contributed by atoms with Crippen molar-refractivity contribution in [1.29, 1.82) is 0 Å². The Morgan fingerprint density at radius 1 is 1.33 bits per heavy atom. The van der Waals surface area contributed by atoms with Gasteiger partial charge in [-0.1, -0.05) is 23.7 Å². The van der Waals surface area contributed by atoms with E-state index in [-0.39, 0.29) is 12.3 Å². The number of Topliss-reactive ketones (excluding diaryl/α,β-unsaturated/α-hetero) is 1. The first-order valence-corrected chi connectivity index (χ1v) is 6.93. The van der Waals surface area contributed by atoms with Crippen LogP contribution < -0.4 is 0 Å². The van der Waals surface area contributed by atoms with Crippen LogP contribution in [0.4, 0.5) is 0 Å². The molecule has 5 heteroatoms. The minimum atomic E-state index is 0.0358. The molecule has 3 nitrogen and oxygen atoms in total. The number of benzene rings is 1. The van der Waals surface area contributed by atoms with Gasteiger partial charge in [0, 0.05) is 9.13 Å². The standard InChI is InChI=1S/C13H12ClIN2O/c1-8-13(14)9(2)17(16-8)7-12(18)10-3-5-11(15)6-4-10/h3-6H,7H2,1-2H3. The number of carbonyl (C=O) groups excluding carboxylic acids is 1. The summed E-state index contributed by atoms with van der Waals surface area (Å²) in [5, 5.41) is 4.89. The van der Waals surface area contributed by atoms with E-state index in [0.29, 0.717) is 10.6 Å². The Labute approximate surface area is 124 Å². The first kappa shape index (κ1) is 13.5. The van der Waals surface area contributed by atoms with E-state index in [1.54, 1.807) is 4.68 Å². The predicted octanol–water partition coefficient (Wildman–Crippen LogP) is 3.64. The van der Waals surface area contributed by atoms with Gasteiger partial charge in [0.25, 0.3) is 0 Å². The van der Waals surface area contributed by atoms with Crippen molar-refractivity contribution in [2.45, 2.75) is 20.4 Å². The second-order valence-electron chi connectivity index (χ2n) is 4.07. The third kappa shape index (κ3) is 2.75. The molecule has 2 aromatic rings. The Balaban J connectivity index is 2.21. The highest BCUT2D eigenvalue weighted by Gasteiger charge is 2.13. The van der Waals surface area contributed by atoms with Gasteiger partial charge in [0.15, 0.2) is 5.78 Å². The number of halogens is 2. The zero-order valence-electron chi connectivity index (χ0n) is 10.1. The first-order chi connectivity index (χ1) is 8.49. The molecule has 1 heterocycles. The number of nitrogens with zero attached hydrogens (tertiary/aromatic N) is 2. The first-order valence-electron chi connectivity index (χ1n) is 5.47. The zero-order valence-corrected chi connectivity index (χ0v) is 13.0. The van der Waals surface area contributed by atoms with Crippen LogP contribution in [0.5, 0.6) is 0 Å². The molecule has 1 aromatic carbocycles. The Morgan fingerprint density at radius 2 is 1.94 bits per heavy atom. The Kier molecular flexibility index (Phi) is 4.07. The Morgan fingerprint density at radius 3 is 2.44 bits per heavy atom. The van der Waals surface area contributed by atoms with Crippen LogP contribution in [0.25, 0.3) is 0 Å². The molecule has 1 aromatic heterocycles. The second kappa shape index (κ2) is 5.40. The van der Waals surface area contributed by atoms with Crippen LogP contribution in [0.3, 0.4) is 0 Å². The van der Waals surface area contributed by atoms with Gasteiger partial charge in [-0.25, -0.2) is 0 Å². The minimum absolute atomic E-state index is 0.0358. The van der Waals surface area contributed by atoms with Crippen molar-refractivity contribution in [3.63, 3.8) is 0 Å². The molecule has 18 heavy (non-hydrogen) atoms. The highest BCUT2D eigenvalue weighted by Crippen LogP contribution is 2.19. The monoisotopic (exact) mass is 374 g/mol. The van der Waals surface area contributed by atoms with Gasteiger partial charge in [-0.05, 0) is 48.6 Å². The molecule has 0 aliphatic heterocycles. The lowest BCUT2D eigenvalue weighted by Gasteiger charge is -2.04. The highest BCUT2D eigenvalue weighted by molar-refractivity contribution is 14.1. The molecule has 0 aliphatic carbocycles. The van der Waals surface area contributed by atoms with Crippen molar-refractivity contribution < 1.29 is 4.79 Å². The molecule has 0 radical (unpaired) electrons. The molecule has 94 valence electrons. The fourth-order valence-electron chi connectivity index (χ4n) is 1.69. The van der Waals surface area contributed by atoms with Gasteiger partial charge in [0.1, 0.15) is 6.54 Å². The molecule has 0 saturated carbocycles. The van der Waals surface area contributed by atoms with Gasteiger partial charge in [0.05, 0.1) is 16.4 Å². The maximum absolute atomic E-state index is 12.1. The maximum atomic E-state index is 12.1. The zero-order chi connectivity index (χ0) is 13.3. The van der Waals surface area contributed by atoms with Crippen LogP contribution in [0.15, 0.2) is 24.3 Å². The maximum Gasteiger partial charge on any atom is 0.184 e. The SMILES string of the molecule is Cc1nn(CC(=O)c2ccc(I)cc2)c(C)c1Cl. The fourth-order valence-corrected chi connectivity index (χ4v) is 2.19. The lowest BCUT2D eigenvalue weighted by atomic mass is 10.1. The summed E-state index contributed by atoms with van der Waals surface area (Å²) in [6, 6.07) is 7.50. The average molecular weight is 375 g/mol.